The van der Waals surface area contributed by atoms with E-state index in [1.54, 1.807) is 0 Å². The molecule has 3 aromatic rings. The van der Waals surface area contributed by atoms with Crippen molar-refractivity contribution >= 4 is 22.9 Å². The van der Waals surface area contributed by atoms with Crippen molar-refractivity contribution in [2.24, 2.45) is 0 Å². The van der Waals surface area contributed by atoms with E-state index in [9.17, 15) is 18.0 Å². The van der Waals surface area contributed by atoms with E-state index in [2.05, 4.69) is 27.3 Å². The Morgan fingerprint density at radius 3 is 2.41 bits per heavy atom. The maximum Gasteiger partial charge on any atom is 0.416 e. The second-order valence-corrected chi connectivity index (χ2v) is 8.39. The molecule has 0 bridgehead atoms. The van der Waals surface area contributed by atoms with Crippen molar-refractivity contribution < 1.29 is 22.7 Å². The molecule has 5 nitrogen and oxygen atoms in total. The number of nitrogens with one attached hydrogen (secondary N) is 1. The molecule has 2 aromatic carbocycles. The number of halogens is 3. The molecule has 32 heavy (non-hydrogen) atoms. The van der Waals surface area contributed by atoms with E-state index in [4.69, 9.17) is 4.74 Å². The van der Waals surface area contributed by atoms with Crippen molar-refractivity contribution in [2.45, 2.75) is 19.1 Å². The van der Waals surface area contributed by atoms with Gasteiger partial charge in [0.25, 0.3) is 0 Å². The highest BCUT2D eigenvalue weighted by Crippen LogP contribution is 2.30. The summed E-state index contributed by atoms with van der Waals surface area (Å²) in [6.07, 6.45) is -4.35. The highest BCUT2D eigenvalue weighted by atomic mass is 32.1. The molecule has 1 saturated heterocycles. The smallest absolute Gasteiger partial charge is 0.379 e. The van der Waals surface area contributed by atoms with Gasteiger partial charge in [-0.3, -0.25) is 9.69 Å². The number of thiazole rings is 1. The minimum Gasteiger partial charge on any atom is -0.379 e. The average Bonchev–Trinajstić information content (AvgIpc) is 3.23. The Balaban J connectivity index is 1.32. The summed E-state index contributed by atoms with van der Waals surface area (Å²) in [6, 6.07) is 12.6. The van der Waals surface area contributed by atoms with Gasteiger partial charge < -0.3 is 10.1 Å². The lowest BCUT2D eigenvalue weighted by atomic mass is 10.1. The fourth-order valence-electron chi connectivity index (χ4n) is 3.40. The van der Waals surface area contributed by atoms with E-state index in [1.165, 1.54) is 29.0 Å². The van der Waals surface area contributed by atoms with Crippen LogP contribution in [-0.4, -0.2) is 42.1 Å². The number of ether oxygens (including phenoxy) is 1. The van der Waals surface area contributed by atoms with Crippen LogP contribution in [0, 0.1) is 0 Å². The first-order valence-corrected chi connectivity index (χ1v) is 11.1. The van der Waals surface area contributed by atoms with E-state index < -0.39 is 11.7 Å². The lowest BCUT2D eigenvalue weighted by molar-refractivity contribution is -0.137. The van der Waals surface area contributed by atoms with Crippen molar-refractivity contribution in [1.82, 2.24) is 9.88 Å². The van der Waals surface area contributed by atoms with Crippen LogP contribution in [0.1, 0.15) is 16.8 Å². The van der Waals surface area contributed by atoms with Crippen molar-refractivity contribution in [1.29, 1.82) is 0 Å². The van der Waals surface area contributed by atoms with Crippen molar-refractivity contribution in [3.63, 3.8) is 0 Å². The number of aromatic nitrogens is 1. The number of carbonyl (C=O) groups excluding carboxylic acids is 1. The van der Waals surface area contributed by atoms with Gasteiger partial charge in [0, 0.05) is 36.3 Å². The summed E-state index contributed by atoms with van der Waals surface area (Å²) >= 11 is 1.45. The van der Waals surface area contributed by atoms with Gasteiger partial charge in [0.05, 0.1) is 30.9 Å². The highest BCUT2D eigenvalue weighted by Gasteiger charge is 2.30. The third-order valence-corrected chi connectivity index (χ3v) is 6.04. The summed E-state index contributed by atoms with van der Waals surface area (Å²) in [6.45, 7) is 4.30. The molecule has 0 radical (unpaired) electrons. The minimum absolute atomic E-state index is 0.0483. The Morgan fingerprint density at radius 1 is 1.06 bits per heavy atom. The summed E-state index contributed by atoms with van der Waals surface area (Å²) in [5, 5.41) is 5.25. The molecule has 0 spiro atoms. The van der Waals surface area contributed by atoms with E-state index >= 15 is 0 Å². The number of anilines is 1. The zero-order valence-electron chi connectivity index (χ0n) is 17.2. The Hall–Kier alpha value is -2.75. The first-order valence-electron chi connectivity index (χ1n) is 10.2. The molecule has 1 amide bonds. The number of morpholine rings is 1. The van der Waals surface area contributed by atoms with Gasteiger partial charge in [0.2, 0.25) is 5.91 Å². The van der Waals surface area contributed by atoms with Crippen molar-refractivity contribution in [3.8, 4) is 10.6 Å². The van der Waals surface area contributed by atoms with Crippen LogP contribution >= 0.6 is 11.3 Å². The molecule has 2 heterocycles. The van der Waals surface area contributed by atoms with Crippen LogP contribution in [-0.2, 0) is 28.7 Å². The monoisotopic (exact) mass is 461 g/mol. The molecule has 1 fully saturated rings. The Kier molecular flexibility index (Phi) is 6.88. The van der Waals surface area contributed by atoms with Gasteiger partial charge in [-0.1, -0.05) is 24.3 Å². The van der Waals surface area contributed by atoms with E-state index in [-0.39, 0.29) is 12.3 Å². The number of amides is 1. The molecular formula is C23H22F3N3O2S. The van der Waals surface area contributed by atoms with Crippen LogP contribution in [0.3, 0.4) is 0 Å². The summed E-state index contributed by atoms with van der Waals surface area (Å²) in [7, 11) is 0. The Bertz CT molecular complexity index is 1040. The summed E-state index contributed by atoms with van der Waals surface area (Å²) < 4.78 is 43.3. The van der Waals surface area contributed by atoms with Crippen molar-refractivity contribution in [2.75, 3.05) is 31.6 Å². The van der Waals surface area contributed by atoms with E-state index in [0.717, 1.165) is 55.6 Å². The molecule has 0 unspecified atom stereocenters. The third kappa shape index (κ3) is 5.93. The zero-order chi connectivity index (χ0) is 22.6. The molecule has 0 saturated carbocycles. The molecule has 0 aliphatic carbocycles. The fraction of sp³-hybridized carbons (Fsp3) is 0.304. The molecule has 1 aromatic heterocycles. The quantitative estimate of drug-likeness (QED) is 0.571. The second-order valence-electron chi connectivity index (χ2n) is 7.53. The van der Waals surface area contributed by atoms with Gasteiger partial charge in [-0.15, -0.1) is 11.3 Å². The molecular weight excluding hydrogens is 439 g/mol. The van der Waals surface area contributed by atoms with Gasteiger partial charge in [0.15, 0.2) is 0 Å². The predicted molar refractivity (Wildman–Crippen MR) is 117 cm³/mol. The molecule has 1 aliphatic rings. The predicted octanol–water partition coefficient (Wildman–Crippen LogP) is 4.84. The molecule has 0 atom stereocenters. The average molecular weight is 462 g/mol. The van der Waals surface area contributed by atoms with Crippen LogP contribution in [0.25, 0.3) is 10.6 Å². The van der Waals surface area contributed by atoms with Crippen LogP contribution in [0.4, 0.5) is 18.9 Å². The number of benzene rings is 2. The molecule has 9 heteroatoms. The van der Waals surface area contributed by atoms with E-state index in [0.29, 0.717) is 11.4 Å². The fourth-order valence-corrected chi connectivity index (χ4v) is 4.23. The molecule has 1 N–H and O–H groups in total. The maximum absolute atomic E-state index is 12.6. The highest BCUT2D eigenvalue weighted by molar-refractivity contribution is 7.13. The summed E-state index contributed by atoms with van der Waals surface area (Å²) in [4.78, 5) is 19.2. The van der Waals surface area contributed by atoms with Gasteiger partial charge in [-0.05, 0) is 29.8 Å². The Labute approximate surface area is 187 Å². The van der Waals surface area contributed by atoms with Crippen LogP contribution < -0.4 is 5.32 Å². The maximum atomic E-state index is 12.6. The first kappa shape index (κ1) is 22.4. The third-order valence-electron chi connectivity index (χ3n) is 5.10. The topological polar surface area (TPSA) is 54.5 Å². The molecule has 168 valence electrons. The minimum atomic E-state index is -4.40. The standard InChI is InChI=1S/C23H22F3N3O2S/c24-23(25,26)18-5-7-19(8-6-18)27-21(30)13-20-15-32-22(28-20)17-3-1-16(2-4-17)14-29-9-11-31-12-10-29/h1-8,15H,9-14H2,(H,27,30). The normalized spacial score (nSPS) is 15.0. The van der Waals surface area contributed by atoms with E-state index in [1.807, 2.05) is 17.5 Å². The van der Waals surface area contributed by atoms with Gasteiger partial charge in [-0.2, -0.15) is 13.2 Å². The van der Waals surface area contributed by atoms with Gasteiger partial charge in [0.1, 0.15) is 5.01 Å². The number of alkyl halides is 3. The zero-order valence-corrected chi connectivity index (χ0v) is 18.0. The van der Waals surface area contributed by atoms with Crippen molar-refractivity contribution in [3.05, 3.63) is 70.7 Å². The largest absolute Gasteiger partial charge is 0.416 e. The summed E-state index contributed by atoms with van der Waals surface area (Å²) in [5.74, 6) is -0.331. The Morgan fingerprint density at radius 2 is 1.75 bits per heavy atom. The van der Waals surface area contributed by atoms with Crippen LogP contribution in [0.2, 0.25) is 0 Å². The summed E-state index contributed by atoms with van der Waals surface area (Å²) in [5.41, 5.74) is 2.38. The number of rotatable bonds is 6. The number of hydrogen-bond donors (Lipinski definition) is 1. The molecule has 1 aliphatic heterocycles. The number of hydrogen-bond acceptors (Lipinski definition) is 5. The van der Waals surface area contributed by atoms with Crippen LogP contribution in [0.15, 0.2) is 53.9 Å². The lowest BCUT2D eigenvalue weighted by Crippen LogP contribution is -2.35. The van der Waals surface area contributed by atoms with Gasteiger partial charge >= 0.3 is 6.18 Å². The van der Waals surface area contributed by atoms with Gasteiger partial charge in [-0.25, -0.2) is 4.98 Å². The van der Waals surface area contributed by atoms with Crippen LogP contribution in [0.5, 0.6) is 0 Å². The number of nitrogens with zero attached hydrogens (tertiary/aromatic N) is 2. The first-order chi connectivity index (χ1) is 15.4. The number of carbonyl (C=O) groups is 1. The second kappa shape index (κ2) is 9.81. The lowest BCUT2D eigenvalue weighted by Gasteiger charge is -2.26. The molecule has 4 rings (SSSR count). The SMILES string of the molecule is O=C(Cc1csc(-c2ccc(CN3CCOCC3)cc2)n1)Nc1ccc(C(F)(F)F)cc1.